The minimum Gasteiger partial charge on any atom is -0.360 e. The molecule has 138 valence electrons. The number of nitrogens with one attached hydrogen (secondary N) is 2. The molecule has 0 bridgehead atoms. The van der Waals surface area contributed by atoms with Gasteiger partial charge in [0.1, 0.15) is 6.04 Å². The first-order chi connectivity index (χ1) is 12.9. The molecule has 0 aliphatic carbocycles. The summed E-state index contributed by atoms with van der Waals surface area (Å²) in [6, 6.07) is 7.44. The van der Waals surface area contributed by atoms with Crippen LogP contribution in [-0.2, 0) is 17.8 Å². The van der Waals surface area contributed by atoms with Gasteiger partial charge in [0.2, 0.25) is 0 Å². The summed E-state index contributed by atoms with van der Waals surface area (Å²) in [7, 11) is 0. The maximum absolute atomic E-state index is 13.4. The molecule has 2 heterocycles. The number of urea groups is 1. The number of benzene rings is 2. The fourth-order valence-corrected chi connectivity index (χ4v) is 3.48. The van der Waals surface area contributed by atoms with Gasteiger partial charge in [0.15, 0.2) is 11.6 Å². The lowest BCUT2D eigenvalue weighted by Crippen LogP contribution is -2.32. The van der Waals surface area contributed by atoms with Gasteiger partial charge in [-0.3, -0.25) is 9.69 Å². The number of para-hydroxylation sites is 1. The number of hydrogen-bond acceptors (Lipinski definition) is 2. The summed E-state index contributed by atoms with van der Waals surface area (Å²) in [6.45, 7) is -0.127. The second kappa shape index (κ2) is 6.66. The highest BCUT2D eigenvalue weighted by atomic mass is 35.5. The fraction of sp³-hybridized carbons (Fsp3) is 0.158. The molecule has 2 N–H and O–H groups in total. The normalized spacial score (nSPS) is 17.0. The van der Waals surface area contributed by atoms with Gasteiger partial charge < -0.3 is 10.3 Å². The first-order valence-corrected chi connectivity index (χ1v) is 8.62. The Morgan fingerprint density at radius 1 is 1.11 bits per heavy atom. The van der Waals surface area contributed by atoms with Gasteiger partial charge in [-0.1, -0.05) is 29.8 Å². The highest BCUT2D eigenvalue weighted by Gasteiger charge is 2.38. The number of imide groups is 1. The largest absolute Gasteiger partial charge is 0.360 e. The van der Waals surface area contributed by atoms with E-state index >= 15 is 0 Å². The summed E-state index contributed by atoms with van der Waals surface area (Å²) in [4.78, 5) is 28.9. The zero-order valence-corrected chi connectivity index (χ0v) is 14.7. The van der Waals surface area contributed by atoms with Crippen molar-refractivity contribution >= 4 is 34.4 Å². The Hall–Kier alpha value is -2.93. The van der Waals surface area contributed by atoms with E-state index in [0.29, 0.717) is 17.0 Å². The number of hydrogen-bond donors (Lipinski definition) is 2. The van der Waals surface area contributed by atoms with Crippen LogP contribution in [0.3, 0.4) is 0 Å². The number of halogens is 3. The predicted octanol–water partition coefficient (Wildman–Crippen LogP) is 3.76. The van der Waals surface area contributed by atoms with Crippen molar-refractivity contribution in [3.8, 4) is 0 Å². The molecule has 2 aromatic carbocycles. The van der Waals surface area contributed by atoms with Crippen LogP contribution in [-0.4, -0.2) is 27.9 Å². The third kappa shape index (κ3) is 3.14. The molecule has 5 nitrogen and oxygen atoms in total. The van der Waals surface area contributed by atoms with Crippen LogP contribution in [0.2, 0.25) is 5.02 Å². The van der Waals surface area contributed by atoms with E-state index in [1.54, 1.807) is 12.3 Å². The number of carbonyl (C=O) groups is 2. The van der Waals surface area contributed by atoms with Crippen molar-refractivity contribution in [1.82, 2.24) is 15.2 Å². The third-order valence-corrected chi connectivity index (χ3v) is 4.92. The van der Waals surface area contributed by atoms with Crippen LogP contribution in [0.1, 0.15) is 11.1 Å². The van der Waals surface area contributed by atoms with Crippen molar-refractivity contribution < 1.29 is 18.4 Å². The minimum atomic E-state index is -1.02. The lowest BCUT2D eigenvalue weighted by molar-refractivity contribution is -0.127. The van der Waals surface area contributed by atoms with Crippen molar-refractivity contribution in [2.45, 2.75) is 19.0 Å². The minimum absolute atomic E-state index is 0.127. The van der Waals surface area contributed by atoms with Crippen molar-refractivity contribution in [1.29, 1.82) is 0 Å². The van der Waals surface area contributed by atoms with E-state index in [9.17, 15) is 18.4 Å². The molecule has 1 aromatic heterocycles. The van der Waals surface area contributed by atoms with Crippen molar-refractivity contribution in [3.05, 3.63) is 70.4 Å². The highest BCUT2D eigenvalue weighted by molar-refractivity contribution is 6.35. The van der Waals surface area contributed by atoms with Gasteiger partial charge in [0.25, 0.3) is 5.91 Å². The summed E-state index contributed by atoms with van der Waals surface area (Å²) in [5.41, 5.74) is 1.95. The van der Waals surface area contributed by atoms with Crippen LogP contribution in [0.15, 0.2) is 42.6 Å². The second-order valence-electron chi connectivity index (χ2n) is 6.36. The van der Waals surface area contributed by atoms with Crippen LogP contribution in [0.5, 0.6) is 0 Å². The summed E-state index contributed by atoms with van der Waals surface area (Å²) in [6.07, 6.45) is 2.05. The van der Waals surface area contributed by atoms with E-state index in [-0.39, 0.29) is 6.54 Å². The molecule has 3 amide bonds. The van der Waals surface area contributed by atoms with E-state index in [1.165, 1.54) is 6.07 Å². The number of amides is 3. The van der Waals surface area contributed by atoms with Crippen LogP contribution in [0.4, 0.5) is 13.6 Å². The van der Waals surface area contributed by atoms with Crippen molar-refractivity contribution in [3.63, 3.8) is 0 Å². The molecular weight excluding hydrogens is 376 g/mol. The number of H-pyrrole nitrogens is 1. The van der Waals surface area contributed by atoms with Crippen molar-refractivity contribution in [2.75, 3.05) is 0 Å². The molecule has 1 atom stereocenters. The van der Waals surface area contributed by atoms with Gasteiger partial charge >= 0.3 is 6.03 Å². The molecule has 0 radical (unpaired) electrons. The average Bonchev–Trinajstić information content (AvgIpc) is 3.16. The summed E-state index contributed by atoms with van der Waals surface area (Å²) in [5, 5.41) is 4.09. The lowest BCUT2D eigenvalue weighted by atomic mass is 10.0. The number of aromatic amines is 1. The molecule has 27 heavy (non-hydrogen) atoms. The monoisotopic (exact) mass is 389 g/mol. The maximum atomic E-state index is 13.4. The Labute approximate surface area is 157 Å². The topological polar surface area (TPSA) is 65.2 Å². The number of carbonyl (C=O) groups excluding carboxylic acids is 2. The average molecular weight is 390 g/mol. The van der Waals surface area contributed by atoms with E-state index in [2.05, 4.69) is 10.3 Å². The summed E-state index contributed by atoms with van der Waals surface area (Å²) >= 11 is 6.14. The molecular formula is C19H14ClF2N3O2. The highest BCUT2D eigenvalue weighted by Crippen LogP contribution is 2.27. The van der Waals surface area contributed by atoms with E-state index in [1.807, 2.05) is 12.1 Å². The van der Waals surface area contributed by atoms with Crippen molar-refractivity contribution in [2.24, 2.45) is 0 Å². The molecule has 1 aliphatic heterocycles. The molecule has 3 aromatic rings. The molecule has 0 saturated carbocycles. The van der Waals surface area contributed by atoms with Gasteiger partial charge in [-0.15, -0.1) is 0 Å². The fourth-order valence-electron chi connectivity index (χ4n) is 3.25. The van der Waals surface area contributed by atoms with Gasteiger partial charge in [0.05, 0.1) is 17.1 Å². The Kier molecular flexibility index (Phi) is 4.31. The molecule has 0 spiro atoms. The van der Waals surface area contributed by atoms with Gasteiger partial charge in [-0.2, -0.15) is 0 Å². The van der Waals surface area contributed by atoms with Crippen LogP contribution < -0.4 is 5.32 Å². The SMILES string of the molecule is O=C1NC(Cc2c[nH]c3c(Cl)cccc23)C(=O)N1Cc1ccc(F)c(F)c1. The zero-order chi connectivity index (χ0) is 19.1. The van der Waals surface area contributed by atoms with E-state index in [0.717, 1.165) is 33.5 Å². The Bertz CT molecular complexity index is 1070. The Morgan fingerprint density at radius 2 is 1.93 bits per heavy atom. The van der Waals surface area contributed by atoms with Crippen LogP contribution in [0.25, 0.3) is 10.9 Å². The molecule has 1 aliphatic rings. The van der Waals surface area contributed by atoms with Gasteiger partial charge in [-0.25, -0.2) is 13.6 Å². The molecule has 1 fully saturated rings. The summed E-state index contributed by atoms with van der Waals surface area (Å²) < 4.78 is 26.4. The van der Waals surface area contributed by atoms with Gasteiger partial charge in [-0.05, 0) is 29.3 Å². The first kappa shape index (κ1) is 17.5. The third-order valence-electron chi connectivity index (χ3n) is 4.61. The second-order valence-corrected chi connectivity index (χ2v) is 6.76. The lowest BCUT2D eigenvalue weighted by Gasteiger charge is -2.13. The van der Waals surface area contributed by atoms with Crippen LogP contribution >= 0.6 is 11.6 Å². The Morgan fingerprint density at radius 3 is 2.70 bits per heavy atom. The first-order valence-electron chi connectivity index (χ1n) is 8.24. The number of rotatable bonds is 4. The quantitative estimate of drug-likeness (QED) is 0.667. The molecule has 1 unspecified atom stereocenters. The van der Waals surface area contributed by atoms with Crippen LogP contribution in [0, 0.1) is 11.6 Å². The number of aromatic nitrogens is 1. The zero-order valence-electron chi connectivity index (χ0n) is 13.9. The summed E-state index contributed by atoms with van der Waals surface area (Å²) in [5.74, 6) is -2.42. The van der Waals surface area contributed by atoms with Gasteiger partial charge in [0, 0.05) is 18.0 Å². The molecule has 4 rings (SSSR count). The standard InChI is InChI=1S/C19H14ClF2N3O2/c20-13-3-1-2-12-11(8-23-17(12)13)7-16-18(26)25(19(27)24-16)9-10-4-5-14(21)15(22)6-10/h1-6,8,16,23H,7,9H2,(H,24,27). The number of fused-ring (bicyclic) bond motifs is 1. The van der Waals surface area contributed by atoms with E-state index < -0.39 is 29.6 Å². The maximum Gasteiger partial charge on any atom is 0.325 e. The molecule has 1 saturated heterocycles. The smallest absolute Gasteiger partial charge is 0.325 e. The number of nitrogens with zero attached hydrogens (tertiary/aromatic N) is 1. The molecule has 8 heteroatoms. The predicted molar refractivity (Wildman–Crippen MR) is 96.2 cm³/mol. The van der Waals surface area contributed by atoms with E-state index in [4.69, 9.17) is 11.6 Å². The Balaban J connectivity index is 1.53.